The summed E-state index contributed by atoms with van der Waals surface area (Å²) in [4.78, 5) is -1.49. The van der Waals surface area contributed by atoms with Crippen molar-refractivity contribution in [2.24, 2.45) is 0 Å². The highest BCUT2D eigenvalue weighted by atomic mass is 79.9. The van der Waals surface area contributed by atoms with Crippen molar-refractivity contribution >= 4 is 41.7 Å². The molecule has 2 rings (SSSR count). The van der Waals surface area contributed by atoms with Gasteiger partial charge in [0, 0.05) is 20.6 Å². The molecule has 0 atom stereocenters. The SMILES string of the molecule is N#Cc1ccc(-c2c(Br)[c]c(Br)cc2S(=O)(=O)C(F)(F)C(F)(F)C(F)(F)F)cc1. The van der Waals surface area contributed by atoms with E-state index < -0.39 is 37.6 Å². The number of alkyl halides is 7. The van der Waals surface area contributed by atoms with Crippen molar-refractivity contribution in [2.75, 3.05) is 0 Å². The van der Waals surface area contributed by atoms with Gasteiger partial charge in [-0.25, -0.2) is 8.42 Å². The molecule has 2 aromatic rings. The summed E-state index contributed by atoms with van der Waals surface area (Å²) >= 11 is 5.59. The van der Waals surface area contributed by atoms with Gasteiger partial charge in [0.25, 0.3) is 9.84 Å². The van der Waals surface area contributed by atoms with Gasteiger partial charge in [0.15, 0.2) is 0 Å². The van der Waals surface area contributed by atoms with Gasteiger partial charge in [-0.3, -0.25) is 0 Å². The monoisotopic (exact) mass is 566 g/mol. The van der Waals surface area contributed by atoms with Crippen molar-refractivity contribution in [1.29, 1.82) is 5.26 Å². The number of halogens is 9. The van der Waals surface area contributed by atoms with Crippen LogP contribution in [0.25, 0.3) is 11.1 Å². The molecule has 29 heavy (non-hydrogen) atoms. The molecule has 0 heterocycles. The van der Waals surface area contributed by atoms with E-state index in [0.717, 1.165) is 12.1 Å². The molecule has 0 aliphatic carbocycles. The highest BCUT2D eigenvalue weighted by Crippen LogP contribution is 2.52. The molecule has 0 spiro atoms. The van der Waals surface area contributed by atoms with Crippen molar-refractivity contribution in [2.45, 2.75) is 22.2 Å². The molecular formula is C16H5Br2F7NO2S. The van der Waals surface area contributed by atoms with Gasteiger partial charge in [0.2, 0.25) is 0 Å². The third kappa shape index (κ3) is 3.89. The Labute approximate surface area is 176 Å². The molecule has 0 aliphatic heterocycles. The molecule has 0 saturated heterocycles. The summed E-state index contributed by atoms with van der Waals surface area (Å²) in [6.07, 6.45) is -6.83. The lowest BCUT2D eigenvalue weighted by Crippen LogP contribution is -2.56. The molecule has 0 saturated carbocycles. The van der Waals surface area contributed by atoms with Crippen molar-refractivity contribution < 1.29 is 39.2 Å². The Morgan fingerprint density at radius 2 is 1.48 bits per heavy atom. The van der Waals surface area contributed by atoms with Crippen LogP contribution in [0.4, 0.5) is 30.7 Å². The topological polar surface area (TPSA) is 57.9 Å². The summed E-state index contributed by atoms with van der Waals surface area (Å²) in [5.74, 6) is -6.86. The van der Waals surface area contributed by atoms with Crippen LogP contribution in [0.1, 0.15) is 5.56 Å². The predicted molar refractivity (Wildman–Crippen MR) is 94.0 cm³/mol. The zero-order valence-electron chi connectivity index (χ0n) is 13.5. The Kier molecular flexibility index (Phi) is 6.15. The van der Waals surface area contributed by atoms with Crippen LogP contribution < -0.4 is 0 Å². The summed E-state index contributed by atoms with van der Waals surface area (Å²) in [6.45, 7) is 0. The average Bonchev–Trinajstić information content (AvgIpc) is 2.60. The summed E-state index contributed by atoms with van der Waals surface area (Å²) < 4.78 is 117. The van der Waals surface area contributed by atoms with Gasteiger partial charge < -0.3 is 0 Å². The third-order valence-electron chi connectivity index (χ3n) is 3.60. The first kappa shape index (κ1) is 23.6. The molecule has 1 radical (unpaired) electrons. The van der Waals surface area contributed by atoms with Crippen LogP contribution in [0, 0.1) is 17.4 Å². The van der Waals surface area contributed by atoms with Gasteiger partial charge in [-0.05, 0) is 39.7 Å². The normalized spacial score (nSPS) is 13.2. The van der Waals surface area contributed by atoms with E-state index in [2.05, 4.69) is 37.9 Å². The van der Waals surface area contributed by atoms with E-state index in [1.807, 2.05) is 0 Å². The van der Waals surface area contributed by atoms with Gasteiger partial charge in [-0.1, -0.05) is 28.1 Å². The quantitative estimate of drug-likeness (QED) is 0.419. The largest absolute Gasteiger partial charge is 0.461 e. The second-order valence-corrected chi connectivity index (χ2v) is 9.06. The van der Waals surface area contributed by atoms with E-state index in [-0.39, 0.29) is 20.1 Å². The van der Waals surface area contributed by atoms with E-state index in [1.54, 1.807) is 6.07 Å². The number of hydrogen-bond acceptors (Lipinski definition) is 3. The van der Waals surface area contributed by atoms with E-state index in [1.165, 1.54) is 12.1 Å². The maximum Gasteiger partial charge on any atom is 0.461 e. The van der Waals surface area contributed by atoms with Crippen molar-refractivity contribution in [1.82, 2.24) is 0 Å². The highest BCUT2D eigenvalue weighted by Gasteiger charge is 2.78. The number of nitriles is 1. The summed E-state index contributed by atoms with van der Waals surface area (Å²) in [7, 11) is -6.57. The fraction of sp³-hybridized carbons (Fsp3) is 0.188. The van der Waals surface area contributed by atoms with Gasteiger partial charge >= 0.3 is 17.4 Å². The van der Waals surface area contributed by atoms with Crippen LogP contribution in [0.2, 0.25) is 0 Å². The molecule has 13 heteroatoms. The second kappa shape index (κ2) is 7.55. The molecule has 0 fully saturated rings. The first-order chi connectivity index (χ1) is 13.1. The Morgan fingerprint density at radius 1 is 0.966 bits per heavy atom. The summed E-state index contributed by atoms with van der Waals surface area (Å²) in [5.41, 5.74) is -0.677. The zero-order valence-corrected chi connectivity index (χ0v) is 17.4. The maximum atomic E-state index is 14.1. The molecule has 3 nitrogen and oxygen atoms in total. The predicted octanol–water partition coefficient (Wildman–Crippen LogP) is 6.11. The van der Waals surface area contributed by atoms with Crippen molar-refractivity contribution in [3.05, 3.63) is 50.9 Å². The number of rotatable bonds is 4. The first-order valence-corrected chi connectivity index (χ1v) is 10.1. The second-order valence-electron chi connectivity index (χ2n) is 5.45. The molecule has 0 amide bonds. The van der Waals surface area contributed by atoms with E-state index in [0.29, 0.717) is 6.07 Å². The fourth-order valence-electron chi connectivity index (χ4n) is 2.16. The summed E-state index contributed by atoms with van der Waals surface area (Å²) in [6, 6.07) is 9.19. The van der Waals surface area contributed by atoms with Gasteiger partial charge in [-0.2, -0.15) is 36.0 Å². The average molecular weight is 568 g/mol. The Hall–Kier alpha value is -1.65. The Morgan fingerprint density at radius 3 is 1.93 bits per heavy atom. The van der Waals surface area contributed by atoms with Gasteiger partial charge in [0.05, 0.1) is 16.5 Å². The molecular weight excluding hydrogens is 563 g/mol. The van der Waals surface area contributed by atoms with E-state index >= 15 is 0 Å². The number of hydrogen-bond donors (Lipinski definition) is 0. The van der Waals surface area contributed by atoms with Crippen LogP contribution >= 0.6 is 31.9 Å². The van der Waals surface area contributed by atoms with Gasteiger partial charge in [0.1, 0.15) is 0 Å². The van der Waals surface area contributed by atoms with Crippen molar-refractivity contribution in [3.63, 3.8) is 0 Å². The standard InChI is InChI=1S/C16H5Br2F7NO2S/c17-10-5-11(18)13(9-3-1-8(7-26)2-4-9)12(6-10)29(27,28)16(24,25)14(19,20)15(21,22)23/h1-4,6H. The van der Waals surface area contributed by atoms with E-state index in [9.17, 15) is 39.2 Å². The zero-order chi connectivity index (χ0) is 22.4. The number of sulfone groups is 1. The number of benzene rings is 2. The van der Waals surface area contributed by atoms with Crippen LogP contribution in [0.3, 0.4) is 0 Å². The van der Waals surface area contributed by atoms with E-state index in [4.69, 9.17) is 5.26 Å². The molecule has 0 bridgehead atoms. The highest BCUT2D eigenvalue weighted by molar-refractivity contribution is 9.11. The lowest BCUT2D eigenvalue weighted by atomic mass is 10.0. The molecule has 0 N–H and O–H groups in total. The summed E-state index contributed by atoms with van der Waals surface area (Å²) in [5, 5.41) is 2.28. The third-order valence-corrected chi connectivity index (χ3v) is 6.46. The van der Waals surface area contributed by atoms with Crippen LogP contribution in [-0.4, -0.2) is 25.8 Å². The fourth-order valence-corrected chi connectivity index (χ4v) is 5.29. The maximum absolute atomic E-state index is 14.1. The number of nitrogens with zero attached hydrogens (tertiary/aromatic N) is 1. The Bertz CT molecular complexity index is 1090. The van der Waals surface area contributed by atoms with Crippen LogP contribution in [0.5, 0.6) is 0 Å². The van der Waals surface area contributed by atoms with Crippen LogP contribution in [-0.2, 0) is 9.84 Å². The lowest BCUT2D eigenvalue weighted by Gasteiger charge is -2.28. The minimum Gasteiger partial charge on any atom is -0.217 e. The molecule has 0 aromatic heterocycles. The van der Waals surface area contributed by atoms with Crippen molar-refractivity contribution in [3.8, 4) is 17.2 Å². The smallest absolute Gasteiger partial charge is 0.217 e. The first-order valence-electron chi connectivity index (χ1n) is 7.06. The minimum atomic E-state index is -6.86. The Balaban J connectivity index is 2.85. The molecule has 2 aromatic carbocycles. The van der Waals surface area contributed by atoms with Gasteiger partial charge in [-0.15, -0.1) is 0 Å². The lowest BCUT2D eigenvalue weighted by molar-refractivity contribution is -0.332. The molecule has 0 unspecified atom stereocenters. The molecule has 155 valence electrons. The molecule has 0 aliphatic rings. The minimum absolute atomic E-state index is 0.101. The van der Waals surface area contributed by atoms with Crippen LogP contribution in [0.15, 0.2) is 44.2 Å².